The molecule has 0 saturated carbocycles. The first kappa shape index (κ1) is 24.7. The minimum atomic E-state index is -0.820. The van der Waals surface area contributed by atoms with Crippen molar-refractivity contribution < 1.29 is 9.90 Å². The van der Waals surface area contributed by atoms with Crippen molar-refractivity contribution in [3.8, 4) is 22.5 Å². The van der Waals surface area contributed by atoms with E-state index in [1.165, 1.54) is 0 Å². The van der Waals surface area contributed by atoms with Crippen molar-refractivity contribution in [2.45, 2.75) is 70.9 Å². The zero-order valence-electron chi connectivity index (χ0n) is 21.2. The van der Waals surface area contributed by atoms with Crippen LogP contribution in [-0.4, -0.2) is 41.1 Å². The molecule has 2 aromatic heterocycles. The molecule has 9 heteroatoms. The summed E-state index contributed by atoms with van der Waals surface area (Å²) >= 11 is 0. The van der Waals surface area contributed by atoms with Crippen molar-refractivity contribution in [2.24, 2.45) is 0 Å². The van der Waals surface area contributed by atoms with Crippen LogP contribution in [0, 0.1) is 0 Å². The molecule has 2 atom stereocenters. The van der Waals surface area contributed by atoms with E-state index in [1.54, 1.807) is 0 Å². The average molecular weight is 501 g/mol. The maximum Gasteiger partial charge on any atom is 0.303 e. The fraction of sp³-hybridized carbons (Fsp3) is 0.393. The largest absolute Gasteiger partial charge is 0.481 e. The molecule has 1 aliphatic heterocycles. The zero-order valence-corrected chi connectivity index (χ0v) is 21.2. The SMILES string of the molecule is CCCc1c(Cc2ccc(-c3ccccc3-c3nn[nH]n3)cc2)c(=O)n2n1C(C)CCC2CCC(=O)O. The lowest BCUT2D eigenvalue weighted by molar-refractivity contribution is -0.137. The molecule has 0 bridgehead atoms. The molecule has 1 aliphatic rings. The highest BCUT2D eigenvalue weighted by molar-refractivity contribution is 5.80. The maximum atomic E-state index is 13.8. The molecule has 2 aromatic carbocycles. The monoisotopic (exact) mass is 500 g/mol. The van der Waals surface area contributed by atoms with Crippen LogP contribution < -0.4 is 5.56 Å². The fourth-order valence-electron chi connectivity index (χ4n) is 5.57. The van der Waals surface area contributed by atoms with Crippen LogP contribution in [0.15, 0.2) is 53.3 Å². The molecule has 37 heavy (non-hydrogen) atoms. The molecule has 0 spiro atoms. The van der Waals surface area contributed by atoms with Crippen LogP contribution in [-0.2, 0) is 17.6 Å². The normalized spacial score (nSPS) is 17.0. The number of nitrogens with one attached hydrogen (secondary N) is 1. The second kappa shape index (κ2) is 10.5. The number of aromatic nitrogens is 6. The number of tetrazole rings is 1. The summed E-state index contributed by atoms with van der Waals surface area (Å²) in [7, 11) is 0. The maximum absolute atomic E-state index is 13.8. The number of hydrogen-bond donors (Lipinski definition) is 2. The number of carboxylic acids is 1. The highest BCUT2D eigenvalue weighted by atomic mass is 16.4. The van der Waals surface area contributed by atoms with E-state index in [4.69, 9.17) is 0 Å². The minimum absolute atomic E-state index is 0.0249. The van der Waals surface area contributed by atoms with Gasteiger partial charge in [0, 0.05) is 35.7 Å². The Balaban J connectivity index is 1.48. The van der Waals surface area contributed by atoms with Gasteiger partial charge >= 0.3 is 5.97 Å². The number of rotatable bonds is 9. The summed E-state index contributed by atoms with van der Waals surface area (Å²) in [5.41, 5.74) is 5.95. The lowest BCUT2D eigenvalue weighted by atomic mass is 9.96. The van der Waals surface area contributed by atoms with E-state index in [1.807, 2.05) is 28.9 Å². The summed E-state index contributed by atoms with van der Waals surface area (Å²) in [4.78, 5) is 25.0. The molecule has 3 heterocycles. The first-order valence-electron chi connectivity index (χ1n) is 13.0. The minimum Gasteiger partial charge on any atom is -0.481 e. The van der Waals surface area contributed by atoms with Crippen molar-refractivity contribution >= 4 is 5.97 Å². The molecular formula is C28H32N6O3. The lowest BCUT2D eigenvalue weighted by Crippen LogP contribution is -2.34. The summed E-state index contributed by atoms with van der Waals surface area (Å²) in [5, 5.41) is 23.7. The molecule has 2 N–H and O–H groups in total. The van der Waals surface area contributed by atoms with Crippen LogP contribution in [0.3, 0.4) is 0 Å². The van der Waals surface area contributed by atoms with Crippen LogP contribution in [0.5, 0.6) is 0 Å². The Morgan fingerprint density at radius 3 is 2.51 bits per heavy atom. The Bertz CT molecular complexity index is 1440. The van der Waals surface area contributed by atoms with Crippen LogP contribution in [0.25, 0.3) is 22.5 Å². The molecule has 2 unspecified atom stereocenters. The van der Waals surface area contributed by atoms with Gasteiger partial charge in [0.05, 0.1) is 6.04 Å². The van der Waals surface area contributed by atoms with Crippen molar-refractivity contribution in [1.82, 2.24) is 30.0 Å². The van der Waals surface area contributed by atoms with Gasteiger partial charge < -0.3 is 5.11 Å². The molecule has 0 amide bonds. The third-order valence-electron chi connectivity index (χ3n) is 7.34. The van der Waals surface area contributed by atoms with Crippen molar-refractivity contribution in [2.75, 3.05) is 0 Å². The molecule has 9 nitrogen and oxygen atoms in total. The van der Waals surface area contributed by atoms with Gasteiger partial charge in [-0.2, -0.15) is 5.21 Å². The Morgan fingerprint density at radius 2 is 1.84 bits per heavy atom. The fourth-order valence-corrected chi connectivity index (χ4v) is 5.57. The lowest BCUT2D eigenvalue weighted by Gasteiger charge is -2.32. The number of H-pyrrole nitrogens is 1. The summed E-state index contributed by atoms with van der Waals surface area (Å²) in [6.07, 6.45) is 4.64. The first-order valence-corrected chi connectivity index (χ1v) is 13.0. The van der Waals surface area contributed by atoms with Gasteiger partial charge in [-0.3, -0.25) is 14.3 Å². The predicted octanol–water partition coefficient (Wildman–Crippen LogP) is 4.80. The Kier molecular flexibility index (Phi) is 7.03. The van der Waals surface area contributed by atoms with Gasteiger partial charge in [0.15, 0.2) is 0 Å². The quantitative estimate of drug-likeness (QED) is 0.341. The van der Waals surface area contributed by atoms with Crippen LogP contribution in [0.4, 0.5) is 0 Å². The third kappa shape index (κ3) is 4.85. The summed E-state index contributed by atoms with van der Waals surface area (Å²) in [6, 6.07) is 16.4. The second-order valence-electron chi connectivity index (χ2n) is 9.84. The number of carboxylic acid groups (broad SMARTS) is 1. The first-order chi connectivity index (χ1) is 18.0. The van der Waals surface area contributed by atoms with Gasteiger partial charge in [-0.15, -0.1) is 10.2 Å². The number of aromatic amines is 1. The third-order valence-corrected chi connectivity index (χ3v) is 7.34. The number of hydrogen-bond acceptors (Lipinski definition) is 5. The van der Waals surface area contributed by atoms with E-state index in [9.17, 15) is 14.7 Å². The summed E-state index contributed by atoms with van der Waals surface area (Å²) in [6.45, 7) is 4.28. The van der Waals surface area contributed by atoms with Gasteiger partial charge in [0.25, 0.3) is 5.56 Å². The van der Waals surface area contributed by atoms with Gasteiger partial charge in [-0.05, 0) is 54.5 Å². The number of aliphatic carboxylic acids is 1. The van der Waals surface area contributed by atoms with Crippen LogP contribution in [0.1, 0.15) is 74.9 Å². The second-order valence-corrected chi connectivity index (χ2v) is 9.84. The molecular weight excluding hydrogens is 468 g/mol. The van der Waals surface area contributed by atoms with Crippen LogP contribution >= 0.6 is 0 Å². The standard InChI is InChI=1S/C28H32N6O3/c1-3-6-25-24(28(37)34-21(15-16-26(35)36)14-9-18(2)33(25)34)17-19-10-12-20(13-11-19)22-7-4-5-8-23(22)27-29-31-32-30-27/h4-5,7-8,10-13,18,21H,3,6,9,14-17H2,1-2H3,(H,35,36)(H,29,30,31,32). The van der Waals surface area contributed by atoms with Gasteiger partial charge in [-0.25, -0.2) is 4.68 Å². The predicted molar refractivity (Wildman–Crippen MR) is 140 cm³/mol. The van der Waals surface area contributed by atoms with Crippen molar-refractivity contribution in [3.05, 3.63) is 75.7 Å². The smallest absolute Gasteiger partial charge is 0.303 e. The van der Waals surface area contributed by atoms with E-state index >= 15 is 0 Å². The number of carbonyl (C=O) groups is 1. The highest BCUT2D eigenvalue weighted by Gasteiger charge is 2.31. The Hall–Kier alpha value is -4.01. The van der Waals surface area contributed by atoms with Crippen LogP contribution in [0.2, 0.25) is 0 Å². The summed E-state index contributed by atoms with van der Waals surface area (Å²) < 4.78 is 4.04. The van der Waals surface area contributed by atoms with E-state index < -0.39 is 5.97 Å². The number of benzene rings is 2. The van der Waals surface area contributed by atoms with E-state index in [2.05, 4.69) is 63.4 Å². The highest BCUT2D eigenvalue weighted by Crippen LogP contribution is 2.34. The Morgan fingerprint density at radius 1 is 1.08 bits per heavy atom. The molecule has 0 saturated heterocycles. The zero-order chi connectivity index (χ0) is 25.9. The average Bonchev–Trinajstić information content (AvgIpc) is 3.53. The van der Waals surface area contributed by atoms with Gasteiger partial charge in [-0.1, -0.05) is 61.9 Å². The molecule has 192 valence electrons. The van der Waals surface area contributed by atoms with Gasteiger partial charge in [0.1, 0.15) is 0 Å². The number of nitrogens with zero attached hydrogens (tertiary/aromatic N) is 5. The Labute approximate surface area is 215 Å². The van der Waals surface area contributed by atoms with E-state index in [0.717, 1.165) is 59.2 Å². The molecule has 4 aromatic rings. The topological polar surface area (TPSA) is 119 Å². The summed E-state index contributed by atoms with van der Waals surface area (Å²) in [5.74, 6) is -0.275. The van der Waals surface area contributed by atoms with E-state index in [0.29, 0.717) is 18.7 Å². The van der Waals surface area contributed by atoms with E-state index in [-0.39, 0.29) is 24.1 Å². The number of fused-ring (bicyclic) bond motifs is 1. The van der Waals surface area contributed by atoms with Crippen molar-refractivity contribution in [3.63, 3.8) is 0 Å². The molecule has 0 aliphatic carbocycles. The molecule has 0 fully saturated rings. The van der Waals surface area contributed by atoms with Crippen molar-refractivity contribution in [1.29, 1.82) is 0 Å². The van der Waals surface area contributed by atoms with Gasteiger partial charge in [0.2, 0.25) is 5.82 Å². The molecule has 5 rings (SSSR count). The molecule has 0 radical (unpaired) electrons.